The quantitative estimate of drug-likeness (QED) is 0.851. The molecule has 0 aromatic heterocycles. The summed E-state index contributed by atoms with van der Waals surface area (Å²) in [5, 5.41) is 0.466. The van der Waals surface area contributed by atoms with Gasteiger partial charge in [0, 0.05) is 11.1 Å². The number of benzene rings is 2. The molecule has 0 unspecified atom stereocenters. The van der Waals surface area contributed by atoms with Crippen LogP contribution in [0, 0.1) is 0 Å². The minimum atomic E-state index is -3.70. The van der Waals surface area contributed by atoms with Gasteiger partial charge in [-0.3, -0.25) is 4.72 Å². The van der Waals surface area contributed by atoms with Gasteiger partial charge >= 0.3 is 0 Å². The lowest BCUT2D eigenvalue weighted by atomic mass is 10.2. The lowest BCUT2D eigenvalue weighted by Crippen LogP contribution is -2.14. The van der Waals surface area contributed by atoms with Crippen molar-refractivity contribution >= 4 is 33.0 Å². The molecule has 0 heterocycles. The van der Waals surface area contributed by atoms with Crippen LogP contribution in [0.3, 0.4) is 0 Å². The second kappa shape index (κ2) is 5.60. The summed E-state index contributed by atoms with van der Waals surface area (Å²) in [6.45, 7) is 0. The van der Waals surface area contributed by atoms with Crippen LogP contribution < -0.4 is 15.2 Å². The van der Waals surface area contributed by atoms with Crippen molar-refractivity contribution in [1.82, 2.24) is 0 Å². The Hall–Kier alpha value is -1.92. The fourth-order valence-corrected chi connectivity index (χ4v) is 2.79. The van der Waals surface area contributed by atoms with E-state index in [1.807, 2.05) is 0 Å². The van der Waals surface area contributed by atoms with Crippen molar-refractivity contribution in [1.29, 1.82) is 0 Å². The van der Waals surface area contributed by atoms with Crippen molar-refractivity contribution in [3.05, 3.63) is 47.5 Å². The number of nitrogens with one attached hydrogen (secondary N) is 1. The Labute approximate surface area is 122 Å². The third-order valence-electron chi connectivity index (χ3n) is 2.63. The van der Waals surface area contributed by atoms with Gasteiger partial charge in [-0.25, -0.2) is 8.42 Å². The highest BCUT2D eigenvalue weighted by Crippen LogP contribution is 2.26. The third-order valence-corrected chi connectivity index (χ3v) is 4.26. The summed E-state index contributed by atoms with van der Waals surface area (Å²) in [4.78, 5) is 0.108. The summed E-state index contributed by atoms with van der Waals surface area (Å²) in [6, 6.07) is 10.6. The summed E-state index contributed by atoms with van der Waals surface area (Å²) in [5.41, 5.74) is 6.35. The Morgan fingerprint density at radius 3 is 2.35 bits per heavy atom. The number of anilines is 2. The Morgan fingerprint density at radius 1 is 1.15 bits per heavy atom. The topological polar surface area (TPSA) is 81.4 Å². The zero-order chi connectivity index (χ0) is 14.8. The number of hydrogen-bond donors (Lipinski definition) is 2. The fraction of sp³-hybridized carbons (Fsp3) is 0.0769. The maximum atomic E-state index is 12.2. The summed E-state index contributed by atoms with van der Waals surface area (Å²) < 4.78 is 31.8. The van der Waals surface area contributed by atoms with Gasteiger partial charge in [0.15, 0.2) is 0 Å². The molecule has 0 atom stereocenters. The fourth-order valence-electron chi connectivity index (χ4n) is 1.58. The van der Waals surface area contributed by atoms with Crippen molar-refractivity contribution < 1.29 is 13.2 Å². The molecule has 2 aromatic rings. The summed E-state index contributed by atoms with van der Waals surface area (Å²) in [5.74, 6) is 0.553. The molecule has 2 rings (SSSR count). The van der Waals surface area contributed by atoms with E-state index in [1.54, 1.807) is 18.2 Å². The van der Waals surface area contributed by atoms with Gasteiger partial charge in [0.05, 0.1) is 23.4 Å². The van der Waals surface area contributed by atoms with E-state index < -0.39 is 10.0 Å². The summed E-state index contributed by atoms with van der Waals surface area (Å²) >= 11 is 5.73. The first kappa shape index (κ1) is 14.5. The van der Waals surface area contributed by atoms with Crippen molar-refractivity contribution in [3.63, 3.8) is 0 Å². The molecule has 7 heteroatoms. The molecule has 0 amide bonds. The highest BCUT2D eigenvalue weighted by atomic mass is 35.5. The molecule has 0 saturated carbocycles. The molecule has 0 bridgehead atoms. The zero-order valence-electron chi connectivity index (χ0n) is 10.6. The number of halogens is 1. The minimum absolute atomic E-state index is 0.108. The van der Waals surface area contributed by atoms with Crippen LogP contribution in [0.15, 0.2) is 47.4 Å². The molecule has 20 heavy (non-hydrogen) atoms. The van der Waals surface area contributed by atoms with Crippen LogP contribution in [0.4, 0.5) is 11.4 Å². The van der Waals surface area contributed by atoms with Gasteiger partial charge in [-0.2, -0.15) is 0 Å². The molecule has 0 fully saturated rings. The monoisotopic (exact) mass is 312 g/mol. The second-order valence-electron chi connectivity index (χ2n) is 4.01. The number of nitrogen functional groups attached to an aromatic ring is 1. The van der Waals surface area contributed by atoms with Gasteiger partial charge in [-0.15, -0.1) is 0 Å². The van der Waals surface area contributed by atoms with E-state index in [0.717, 1.165) is 0 Å². The van der Waals surface area contributed by atoms with E-state index in [-0.39, 0.29) is 10.6 Å². The van der Waals surface area contributed by atoms with Gasteiger partial charge in [0.1, 0.15) is 5.75 Å². The highest BCUT2D eigenvalue weighted by Gasteiger charge is 2.15. The molecule has 0 spiro atoms. The van der Waals surface area contributed by atoms with Gasteiger partial charge in [0.25, 0.3) is 10.0 Å². The highest BCUT2D eigenvalue weighted by molar-refractivity contribution is 7.92. The SMILES string of the molecule is COc1ccc(NS(=O)(=O)c2ccc(Cl)cc2)c(N)c1. The van der Waals surface area contributed by atoms with Crippen molar-refractivity contribution in [2.75, 3.05) is 17.6 Å². The Kier molecular flexibility index (Phi) is 4.06. The maximum Gasteiger partial charge on any atom is 0.261 e. The van der Waals surface area contributed by atoms with Gasteiger partial charge in [-0.05, 0) is 36.4 Å². The van der Waals surface area contributed by atoms with Crippen LogP contribution in [0.1, 0.15) is 0 Å². The molecule has 2 aromatic carbocycles. The van der Waals surface area contributed by atoms with E-state index in [1.165, 1.54) is 31.4 Å². The van der Waals surface area contributed by atoms with Crippen LogP contribution in [0.25, 0.3) is 0 Å². The molecule has 0 aliphatic heterocycles. The van der Waals surface area contributed by atoms with Crippen LogP contribution in [-0.2, 0) is 10.0 Å². The number of nitrogens with two attached hydrogens (primary N) is 1. The summed E-state index contributed by atoms with van der Waals surface area (Å²) in [7, 11) is -2.20. The molecule has 0 aliphatic rings. The second-order valence-corrected chi connectivity index (χ2v) is 6.13. The number of hydrogen-bond acceptors (Lipinski definition) is 4. The van der Waals surface area contributed by atoms with E-state index in [2.05, 4.69) is 4.72 Å². The van der Waals surface area contributed by atoms with Crippen molar-refractivity contribution in [2.45, 2.75) is 4.90 Å². The molecule has 0 radical (unpaired) electrons. The number of methoxy groups -OCH3 is 1. The minimum Gasteiger partial charge on any atom is -0.497 e. The number of ether oxygens (including phenoxy) is 1. The first-order chi connectivity index (χ1) is 9.42. The van der Waals surface area contributed by atoms with Gasteiger partial charge in [0.2, 0.25) is 0 Å². The Bertz CT molecular complexity index is 715. The average molecular weight is 313 g/mol. The number of rotatable bonds is 4. The van der Waals surface area contributed by atoms with Crippen LogP contribution in [0.2, 0.25) is 5.02 Å². The van der Waals surface area contributed by atoms with E-state index >= 15 is 0 Å². The van der Waals surface area contributed by atoms with E-state index in [0.29, 0.717) is 16.5 Å². The largest absolute Gasteiger partial charge is 0.497 e. The van der Waals surface area contributed by atoms with Crippen molar-refractivity contribution in [3.8, 4) is 5.75 Å². The molecular formula is C13H13ClN2O3S. The first-order valence-electron chi connectivity index (χ1n) is 5.64. The van der Waals surface area contributed by atoms with Crippen LogP contribution >= 0.6 is 11.6 Å². The molecule has 3 N–H and O–H groups in total. The zero-order valence-corrected chi connectivity index (χ0v) is 12.2. The molecule has 0 aliphatic carbocycles. The molecule has 0 saturated heterocycles. The van der Waals surface area contributed by atoms with Gasteiger partial charge in [-0.1, -0.05) is 11.6 Å². The number of sulfonamides is 1. The van der Waals surface area contributed by atoms with Crippen LogP contribution in [-0.4, -0.2) is 15.5 Å². The average Bonchev–Trinajstić information content (AvgIpc) is 2.41. The normalized spacial score (nSPS) is 11.1. The smallest absolute Gasteiger partial charge is 0.261 e. The van der Waals surface area contributed by atoms with Crippen LogP contribution in [0.5, 0.6) is 5.75 Å². The van der Waals surface area contributed by atoms with E-state index in [9.17, 15) is 8.42 Å². The lowest BCUT2D eigenvalue weighted by Gasteiger charge is -2.11. The molecule has 106 valence electrons. The lowest BCUT2D eigenvalue weighted by molar-refractivity contribution is 0.415. The standard InChI is InChI=1S/C13H13ClN2O3S/c1-19-10-4-7-13(12(15)8-10)16-20(17,18)11-5-2-9(14)3-6-11/h2-8,16H,15H2,1H3. The van der Waals surface area contributed by atoms with Crippen molar-refractivity contribution in [2.24, 2.45) is 0 Å². The summed E-state index contributed by atoms with van der Waals surface area (Å²) in [6.07, 6.45) is 0. The Morgan fingerprint density at radius 2 is 1.80 bits per heavy atom. The first-order valence-corrected chi connectivity index (χ1v) is 7.50. The molecule has 5 nitrogen and oxygen atoms in total. The predicted octanol–water partition coefficient (Wildman–Crippen LogP) is 2.73. The van der Waals surface area contributed by atoms with Gasteiger partial charge < -0.3 is 10.5 Å². The predicted molar refractivity (Wildman–Crippen MR) is 79.7 cm³/mol. The van der Waals surface area contributed by atoms with E-state index in [4.69, 9.17) is 22.1 Å². The third kappa shape index (κ3) is 3.15. The maximum absolute atomic E-state index is 12.2. The molecular weight excluding hydrogens is 300 g/mol. The Balaban J connectivity index is 2.31.